The first kappa shape index (κ1) is 11.1. The van der Waals surface area contributed by atoms with Crippen LogP contribution in [-0.2, 0) is 6.18 Å². The fourth-order valence-corrected chi connectivity index (χ4v) is 1.51. The topological polar surface area (TPSA) is 46.0 Å². The van der Waals surface area contributed by atoms with E-state index in [2.05, 4.69) is 15.1 Å². The molecular weight excluding hydrogens is 241 g/mol. The molecule has 2 heterocycles. The van der Waals surface area contributed by atoms with Gasteiger partial charge in [0.1, 0.15) is 4.64 Å². The minimum Gasteiger partial charge on any atom is -0.269 e. The monoisotopic (exact) mass is 248 g/mol. The molecule has 0 bridgehead atoms. The molecule has 0 aromatic carbocycles. The highest BCUT2D eigenvalue weighted by Gasteiger charge is 2.35. The average Bonchev–Trinajstić information content (AvgIpc) is 2.57. The Balaban J connectivity index is 2.82. The van der Waals surface area contributed by atoms with Crippen molar-refractivity contribution in [1.29, 1.82) is 0 Å². The van der Waals surface area contributed by atoms with Gasteiger partial charge in [0, 0.05) is 11.3 Å². The fourth-order valence-electron chi connectivity index (χ4n) is 1.23. The van der Waals surface area contributed by atoms with Gasteiger partial charge in [0.2, 0.25) is 5.82 Å². The van der Waals surface area contributed by atoms with Gasteiger partial charge in [-0.1, -0.05) is 12.2 Å². The van der Waals surface area contributed by atoms with Crippen LogP contribution < -0.4 is 0 Å². The van der Waals surface area contributed by atoms with E-state index in [0.29, 0.717) is 11.3 Å². The summed E-state index contributed by atoms with van der Waals surface area (Å²) >= 11 is 5.00. The third kappa shape index (κ3) is 1.58. The molecular formula is C8H7F3N4S. The van der Waals surface area contributed by atoms with Crippen LogP contribution in [0.2, 0.25) is 0 Å². The van der Waals surface area contributed by atoms with Crippen LogP contribution in [0.3, 0.4) is 0 Å². The van der Waals surface area contributed by atoms with Crippen LogP contribution in [0, 0.1) is 18.5 Å². The Hall–Kier alpha value is -1.44. The molecule has 1 N–H and O–H groups in total. The number of nitrogens with zero attached hydrogens (tertiary/aromatic N) is 3. The molecule has 0 atom stereocenters. The van der Waals surface area contributed by atoms with Crippen molar-refractivity contribution in [3.63, 3.8) is 0 Å². The average molecular weight is 248 g/mol. The Bertz CT molecular complexity index is 610. The molecule has 0 fully saturated rings. The van der Waals surface area contributed by atoms with Gasteiger partial charge in [0.25, 0.3) is 5.78 Å². The highest BCUT2D eigenvalue weighted by Crippen LogP contribution is 2.26. The van der Waals surface area contributed by atoms with E-state index in [1.54, 1.807) is 13.8 Å². The molecule has 16 heavy (non-hydrogen) atoms. The lowest BCUT2D eigenvalue weighted by molar-refractivity contribution is -0.144. The van der Waals surface area contributed by atoms with Gasteiger partial charge in [-0.25, -0.2) is 9.50 Å². The van der Waals surface area contributed by atoms with Gasteiger partial charge >= 0.3 is 6.18 Å². The zero-order valence-electron chi connectivity index (χ0n) is 8.38. The van der Waals surface area contributed by atoms with Crippen LogP contribution >= 0.6 is 12.2 Å². The first-order valence-corrected chi connectivity index (χ1v) is 4.74. The molecule has 0 radical (unpaired) electrons. The summed E-state index contributed by atoms with van der Waals surface area (Å²) in [4.78, 5) is 7.28. The zero-order chi connectivity index (χ0) is 12.1. The Morgan fingerprint density at radius 1 is 1.25 bits per heavy atom. The normalized spacial score (nSPS) is 12.3. The molecule has 2 rings (SSSR count). The standard InChI is InChI=1S/C8H7F3N4S/c1-3-4(2)12-7-13-6(8(9,10)11)14-15(7)5(3)16/h1-2H3,(H,12,13,14). The molecule has 0 aliphatic carbocycles. The first-order valence-electron chi connectivity index (χ1n) is 4.34. The molecule has 0 saturated heterocycles. The van der Waals surface area contributed by atoms with Gasteiger partial charge in [-0.05, 0) is 13.8 Å². The third-order valence-corrected chi connectivity index (χ3v) is 2.72. The summed E-state index contributed by atoms with van der Waals surface area (Å²) in [5.74, 6) is -1.17. The number of aromatic amines is 1. The Labute approximate surface area is 93.1 Å². The lowest BCUT2D eigenvalue weighted by atomic mass is 10.3. The maximum atomic E-state index is 12.4. The number of halogens is 3. The van der Waals surface area contributed by atoms with E-state index < -0.39 is 12.0 Å². The third-order valence-electron chi connectivity index (χ3n) is 2.23. The molecule has 0 amide bonds. The second kappa shape index (κ2) is 3.27. The molecule has 0 saturated carbocycles. The summed E-state index contributed by atoms with van der Waals surface area (Å²) in [6.07, 6.45) is -4.53. The number of hydrogen-bond donors (Lipinski definition) is 1. The van der Waals surface area contributed by atoms with Crippen molar-refractivity contribution in [2.45, 2.75) is 20.0 Å². The largest absolute Gasteiger partial charge is 0.451 e. The number of aromatic nitrogens is 4. The van der Waals surface area contributed by atoms with E-state index >= 15 is 0 Å². The van der Waals surface area contributed by atoms with E-state index in [1.807, 2.05) is 0 Å². The van der Waals surface area contributed by atoms with Crippen molar-refractivity contribution in [3.05, 3.63) is 21.7 Å². The van der Waals surface area contributed by atoms with Gasteiger partial charge in [0.05, 0.1) is 0 Å². The fraction of sp³-hybridized carbons (Fsp3) is 0.375. The Morgan fingerprint density at radius 3 is 2.44 bits per heavy atom. The van der Waals surface area contributed by atoms with Crippen LogP contribution in [0.15, 0.2) is 0 Å². The number of fused-ring (bicyclic) bond motifs is 1. The van der Waals surface area contributed by atoms with Crippen molar-refractivity contribution < 1.29 is 13.2 Å². The molecule has 0 unspecified atom stereocenters. The number of hydrogen-bond acceptors (Lipinski definition) is 3. The summed E-state index contributed by atoms with van der Waals surface area (Å²) in [6.45, 7) is 3.37. The quantitative estimate of drug-likeness (QED) is 0.728. The molecule has 2 aromatic rings. The Morgan fingerprint density at radius 2 is 1.88 bits per heavy atom. The van der Waals surface area contributed by atoms with E-state index in [0.717, 1.165) is 4.52 Å². The van der Waals surface area contributed by atoms with E-state index in [4.69, 9.17) is 12.2 Å². The van der Waals surface area contributed by atoms with E-state index in [-0.39, 0.29) is 10.4 Å². The second-order valence-electron chi connectivity index (χ2n) is 3.33. The predicted octanol–water partition coefficient (Wildman–Crippen LogP) is 2.42. The first-order chi connectivity index (χ1) is 7.30. The highest BCUT2D eigenvalue weighted by atomic mass is 32.1. The van der Waals surface area contributed by atoms with Crippen LogP contribution in [0.1, 0.15) is 17.1 Å². The van der Waals surface area contributed by atoms with Crippen molar-refractivity contribution in [1.82, 2.24) is 19.6 Å². The van der Waals surface area contributed by atoms with Gasteiger partial charge < -0.3 is 0 Å². The number of aryl methyl sites for hydroxylation is 1. The van der Waals surface area contributed by atoms with Crippen molar-refractivity contribution >= 4 is 18.0 Å². The van der Waals surface area contributed by atoms with E-state index in [1.165, 1.54) is 0 Å². The Kier molecular flexibility index (Phi) is 2.26. The molecule has 8 heteroatoms. The second-order valence-corrected chi connectivity index (χ2v) is 3.72. The van der Waals surface area contributed by atoms with Crippen molar-refractivity contribution in [2.75, 3.05) is 0 Å². The summed E-state index contributed by atoms with van der Waals surface area (Å²) in [5, 5.41) is 2.09. The predicted molar refractivity (Wildman–Crippen MR) is 52.6 cm³/mol. The molecule has 0 spiro atoms. The zero-order valence-corrected chi connectivity index (χ0v) is 9.20. The number of alkyl halides is 3. The number of H-pyrrole nitrogens is 1. The van der Waals surface area contributed by atoms with Gasteiger partial charge in [-0.3, -0.25) is 5.10 Å². The summed E-state index contributed by atoms with van der Waals surface area (Å²) < 4.78 is 38.5. The molecule has 2 aromatic heterocycles. The number of nitrogens with one attached hydrogen (secondary N) is 1. The maximum absolute atomic E-state index is 12.4. The molecule has 0 aliphatic rings. The minimum atomic E-state index is -4.53. The van der Waals surface area contributed by atoms with Crippen molar-refractivity contribution in [2.24, 2.45) is 0 Å². The lowest BCUT2D eigenvalue weighted by Gasteiger charge is -2.00. The summed E-state index contributed by atoms with van der Waals surface area (Å²) in [5.41, 5.74) is 1.23. The SMILES string of the molecule is Cc1nc2nc(C(F)(F)F)[nH]n2c(=S)c1C. The van der Waals surface area contributed by atoms with Crippen LogP contribution in [0.4, 0.5) is 13.2 Å². The summed E-state index contributed by atoms with van der Waals surface area (Å²) in [6, 6.07) is 0. The highest BCUT2D eigenvalue weighted by molar-refractivity contribution is 7.71. The molecule has 86 valence electrons. The van der Waals surface area contributed by atoms with Crippen LogP contribution in [0.25, 0.3) is 5.78 Å². The molecule has 4 nitrogen and oxygen atoms in total. The number of rotatable bonds is 0. The van der Waals surface area contributed by atoms with Gasteiger partial charge in [-0.15, -0.1) is 0 Å². The van der Waals surface area contributed by atoms with E-state index in [9.17, 15) is 13.2 Å². The van der Waals surface area contributed by atoms with Crippen LogP contribution in [-0.4, -0.2) is 19.6 Å². The van der Waals surface area contributed by atoms with Crippen LogP contribution in [0.5, 0.6) is 0 Å². The molecule has 0 aliphatic heterocycles. The van der Waals surface area contributed by atoms with Gasteiger partial charge in [-0.2, -0.15) is 18.2 Å². The maximum Gasteiger partial charge on any atom is 0.451 e. The lowest BCUT2D eigenvalue weighted by Crippen LogP contribution is -2.07. The van der Waals surface area contributed by atoms with Gasteiger partial charge in [0.15, 0.2) is 0 Å². The smallest absolute Gasteiger partial charge is 0.269 e. The van der Waals surface area contributed by atoms with Crippen molar-refractivity contribution in [3.8, 4) is 0 Å². The minimum absolute atomic E-state index is 0.0691. The summed E-state index contributed by atoms with van der Waals surface area (Å²) in [7, 11) is 0.